The van der Waals surface area contributed by atoms with Crippen molar-refractivity contribution >= 4 is 21.9 Å². The van der Waals surface area contributed by atoms with Crippen LogP contribution in [0.5, 0.6) is 5.75 Å². The molecule has 0 unspecified atom stereocenters. The molecule has 1 aromatic rings. The lowest BCUT2D eigenvalue weighted by Gasteiger charge is -2.12. The summed E-state index contributed by atoms with van der Waals surface area (Å²) in [6.45, 7) is 1.52. The summed E-state index contributed by atoms with van der Waals surface area (Å²) in [4.78, 5) is 11.3. The molecule has 0 saturated carbocycles. The Bertz CT molecular complexity index is 443. The average Bonchev–Trinajstić information content (AvgIpc) is 2.19. The number of carbonyl (C=O) groups is 1. The lowest BCUT2D eigenvalue weighted by Crippen LogP contribution is -2.11. The fourth-order valence-corrected chi connectivity index (χ4v) is 1.64. The van der Waals surface area contributed by atoms with Crippen molar-refractivity contribution in [2.75, 3.05) is 6.61 Å². The van der Waals surface area contributed by atoms with E-state index in [0.717, 1.165) is 6.07 Å². The van der Waals surface area contributed by atoms with Crippen LogP contribution >= 0.6 is 15.9 Å². The van der Waals surface area contributed by atoms with Gasteiger partial charge in [0.1, 0.15) is 11.3 Å². The van der Waals surface area contributed by atoms with Crippen LogP contribution in [0, 0.1) is 0 Å². The van der Waals surface area contributed by atoms with Gasteiger partial charge >= 0.3 is 12.1 Å². The quantitative estimate of drug-likeness (QED) is 0.852. The molecule has 0 aromatic heterocycles. The molecule has 0 bridgehead atoms. The van der Waals surface area contributed by atoms with Gasteiger partial charge in [0.2, 0.25) is 0 Å². The largest absolute Gasteiger partial charge is 0.506 e. The number of benzene rings is 1. The Kier molecular flexibility index (Phi) is 4.03. The van der Waals surface area contributed by atoms with E-state index in [4.69, 9.17) is 0 Å². The average molecular weight is 313 g/mol. The van der Waals surface area contributed by atoms with E-state index in [1.165, 1.54) is 6.92 Å². The molecule has 17 heavy (non-hydrogen) atoms. The van der Waals surface area contributed by atoms with Crippen molar-refractivity contribution in [1.82, 2.24) is 0 Å². The number of ether oxygens (including phenoxy) is 1. The van der Waals surface area contributed by atoms with Gasteiger partial charge in [0.05, 0.1) is 12.2 Å². The van der Waals surface area contributed by atoms with Crippen molar-refractivity contribution in [1.29, 1.82) is 0 Å². The first-order valence-electron chi connectivity index (χ1n) is 4.54. The van der Waals surface area contributed by atoms with Crippen molar-refractivity contribution in [2.45, 2.75) is 13.1 Å². The third kappa shape index (κ3) is 3.12. The number of aromatic hydroxyl groups is 1. The second-order valence-electron chi connectivity index (χ2n) is 3.07. The number of hydrogen-bond acceptors (Lipinski definition) is 3. The number of carbonyl (C=O) groups excluding carboxylic acids is 1. The van der Waals surface area contributed by atoms with Crippen LogP contribution in [-0.4, -0.2) is 17.7 Å². The fraction of sp³-hybridized carbons (Fsp3) is 0.300. The van der Waals surface area contributed by atoms with E-state index in [1.807, 2.05) is 0 Å². The molecule has 3 nitrogen and oxygen atoms in total. The first kappa shape index (κ1) is 13.8. The number of esters is 1. The highest BCUT2D eigenvalue weighted by Gasteiger charge is 2.36. The van der Waals surface area contributed by atoms with E-state index in [-0.39, 0.29) is 11.1 Å². The van der Waals surface area contributed by atoms with E-state index in [0.29, 0.717) is 6.07 Å². The SMILES string of the molecule is CCOC(=O)c1cc(Br)cc(C(F)(F)F)c1O. The molecule has 1 rings (SSSR count). The smallest absolute Gasteiger partial charge is 0.420 e. The highest BCUT2D eigenvalue weighted by Crippen LogP contribution is 2.39. The van der Waals surface area contributed by atoms with Gasteiger partial charge in [-0.2, -0.15) is 13.2 Å². The van der Waals surface area contributed by atoms with Gasteiger partial charge in [0.25, 0.3) is 0 Å². The molecule has 0 heterocycles. The number of alkyl halides is 3. The van der Waals surface area contributed by atoms with Crippen LogP contribution in [-0.2, 0) is 10.9 Å². The minimum Gasteiger partial charge on any atom is -0.506 e. The predicted octanol–water partition coefficient (Wildman–Crippen LogP) is 3.35. The van der Waals surface area contributed by atoms with Crippen LogP contribution in [0.1, 0.15) is 22.8 Å². The first-order valence-corrected chi connectivity index (χ1v) is 5.33. The van der Waals surface area contributed by atoms with Gasteiger partial charge in [-0.3, -0.25) is 0 Å². The van der Waals surface area contributed by atoms with E-state index in [1.54, 1.807) is 0 Å². The summed E-state index contributed by atoms with van der Waals surface area (Å²) >= 11 is 2.84. The van der Waals surface area contributed by atoms with Crippen molar-refractivity contribution < 1.29 is 27.8 Å². The fourth-order valence-electron chi connectivity index (χ4n) is 1.18. The Balaban J connectivity index is 3.34. The molecular formula is C10H8BrF3O3. The lowest BCUT2D eigenvalue weighted by molar-refractivity contribution is -0.138. The van der Waals surface area contributed by atoms with E-state index in [9.17, 15) is 23.1 Å². The first-order chi connectivity index (χ1) is 7.77. The number of phenolic OH excluding ortho intramolecular Hbond substituents is 1. The lowest BCUT2D eigenvalue weighted by atomic mass is 10.1. The molecule has 0 amide bonds. The molecule has 0 atom stereocenters. The normalized spacial score (nSPS) is 11.4. The minimum absolute atomic E-state index is 0.00609. The summed E-state index contributed by atoms with van der Waals surface area (Å²) in [6.07, 6.45) is -4.74. The molecule has 0 spiro atoms. The molecule has 94 valence electrons. The van der Waals surface area contributed by atoms with Gasteiger partial charge in [-0.25, -0.2) is 4.79 Å². The maximum atomic E-state index is 12.5. The Morgan fingerprint density at radius 3 is 2.53 bits per heavy atom. The van der Waals surface area contributed by atoms with Crippen molar-refractivity contribution in [3.8, 4) is 5.75 Å². The van der Waals surface area contributed by atoms with E-state index >= 15 is 0 Å². The van der Waals surface area contributed by atoms with Gasteiger partial charge in [-0.05, 0) is 19.1 Å². The zero-order valence-electron chi connectivity index (χ0n) is 8.64. The molecule has 0 saturated heterocycles. The van der Waals surface area contributed by atoms with E-state index < -0.39 is 29.0 Å². The third-order valence-electron chi connectivity index (χ3n) is 1.88. The van der Waals surface area contributed by atoms with Gasteiger partial charge in [-0.15, -0.1) is 0 Å². The Labute approximate surface area is 103 Å². The highest BCUT2D eigenvalue weighted by atomic mass is 79.9. The number of phenols is 1. The van der Waals surface area contributed by atoms with E-state index in [2.05, 4.69) is 20.7 Å². The van der Waals surface area contributed by atoms with Crippen LogP contribution in [0.15, 0.2) is 16.6 Å². The van der Waals surface area contributed by atoms with Gasteiger partial charge in [0, 0.05) is 4.47 Å². The molecule has 1 N–H and O–H groups in total. The Hall–Kier alpha value is -1.24. The summed E-state index contributed by atoms with van der Waals surface area (Å²) in [5.41, 5.74) is -1.80. The number of hydrogen-bond donors (Lipinski definition) is 1. The second kappa shape index (κ2) is 4.95. The third-order valence-corrected chi connectivity index (χ3v) is 2.33. The highest BCUT2D eigenvalue weighted by molar-refractivity contribution is 9.10. The molecule has 0 aliphatic heterocycles. The predicted molar refractivity (Wildman–Crippen MR) is 56.8 cm³/mol. The Morgan fingerprint density at radius 2 is 2.06 bits per heavy atom. The molecule has 0 aliphatic rings. The molecule has 1 aromatic carbocycles. The molecule has 0 aliphatic carbocycles. The summed E-state index contributed by atoms with van der Waals surface area (Å²) in [7, 11) is 0. The summed E-state index contributed by atoms with van der Waals surface area (Å²) in [6, 6.07) is 1.76. The summed E-state index contributed by atoms with van der Waals surface area (Å²) in [5, 5.41) is 9.40. The Morgan fingerprint density at radius 1 is 1.47 bits per heavy atom. The van der Waals surface area contributed by atoms with Crippen LogP contribution in [0.4, 0.5) is 13.2 Å². The van der Waals surface area contributed by atoms with Crippen LogP contribution in [0.2, 0.25) is 0 Å². The van der Waals surface area contributed by atoms with Crippen molar-refractivity contribution in [3.05, 3.63) is 27.7 Å². The number of halogens is 4. The zero-order chi connectivity index (χ0) is 13.2. The monoisotopic (exact) mass is 312 g/mol. The van der Waals surface area contributed by atoms with Crippen LogP contribution in [0.3, 0.4) is 0 Å². The maximum Gasteiger partial charge on any atom is 0.420 e. The molecular weight excluding hydrogens is 305 g/mol. The van der Waals surface area contributed by atoms with Crippen molar-refractivity contribution in [3.63, 3.8) is 0 Å². The summed E-state index contributed by atoms with van der Waals surface area (Å²) < 4.78 is 42.2. The second-order valence-corrected chi connectivity index (χ2v) is 3.98. The number of rotatable bonds is 2. The van der Waals surface area contributed by atoms with Crippen molar-refractivity contribution in [2.24, 2.45) is 0 Å². The maximum absolute atomic E-state index is 12.5. The molecule has 0 radical (unpaired) electrons. The van der Waals surface area contributed by atoms with Gasteiger partial charge < -0.3 is 9.84 Å². The minimum atomic E-state index is -4.74. The molecule has 7 heteroatoms. The van der Waals surface area contributed by atoms with Crippen LogP contribution < -0.4 is 0 Å². The zero-order valence-corrected chi connectivity index (χ0v) is 10.2. The van der Waals surface area contributed by atoms with Gasteiger partial charge in [-0.1, -0.05) is 15.9 Å². The topological polar surface area (TPSA) is 46.5 Å². The standard InChI is InChI=1S/C10H8BrF3O3/c1-2-17-9(16)6-3-5(11)4-7(8(6)15)10(12,13)14/h3-4,15H,2H2,1H3. The van der Waals surface area contributed by atoms with Crippen LogP contribution in [0.25, 0.3) is 0 Å². The van der Waals surface area contributed by atoms with Gasteiger partial charge in [0.15, 0.2) is 0 Å². The summed E-state index contributed by atoms with van der Waals surface area (Å²) in [5.74, 6) is -2.13. The molecule has 0 fully saturated rings.